The number of allylic oxidation sites excluding steroid dienone is 2. The van der Waals surface area contributed by atoms with Gasteiger partial charge in [-0.2, -0.15) is 0 Å². The van der Waals surface area contributed by atoms with E-state index in [1.807, 2.05) is 49.6 Å². The molecular formula is C22H23N3O2S. The third-order valence-corrected chi connectivity index (χ3v) is 6.40. The standard InChI is InChI=1S/C22H23N3O2S/c1-13(2)10-16-18(22(16,3)4)19(26)24-25-12-23-20-17(21(25)27)15(11-28-20)14-8-6-5-7-9-14/h5-12,16,18H,1-4H3,(H,24,26). The molecule has 1 saturated carbocycles. The number of carbonyl (C=O) groups is 1. The van der Waals surface area contributed by atoms with Crippen LogP contribution in [-0.2, 0) is 4.79 Å². The minimum absolute atomic E-state index is 0.111. The van der Waals surface area contributed by atoms with Crippen molar-refractivity contribution in [1.82, 2.24) is 9.66 Å². The van der Waals surface area contributed by atoms with E-state index in [4.69, 9.17) is 0 Å². The van der Waals surface area contributed by atoms with Crippen molar-refractivity contribution in [2.75, 3.05) is 5.43 Å². The van der Waals surface area contributed by atoms with Crippen molar-refractivity contribution in [3.05, 3.63) is 64.0 Å². The summed E-state index contributed by atoms with van der Waals surface area (Å²) in [4.78, 5) is 31.0. The van der Waals surface area contributed by atoms with Gasteiger partial charge in [-0.1, -0.05) is 55.8 Å². The summed E-state index contributed by atoms with van der Waals surface area (Å²) in [6, 6.07) is 9.75. The monoisotopic (exact) mass is 393 g/mol. The molecule has 0 bridgehead atoms. The molecule has 2 atom stereocenters. The Morgan fingerprint density at radius 2 is 1.96 bits per heavy atom. The molecule has 1 aromatic carbocycles. The van der Waals surface area contributed by atoms with Gasteiger partial charge < -0.3 is 0 Å². The lowest BCUT2D eigenvalue weighted by atomic mass is 10.1. The highest BCUT2D eigenvalue weighted by Crippen LogP contribution is 2.59. The van der Waals surface area contributed by atoms with Crippen LogP contribution < -0.4 is 11.0 Å². The number of nitrogens with zero attached hydrogens (tertiary/aromatic N) is 2. The molecule has 2 unspecified atom stereocenters. The van der Waals surface area contributed by atoms with Gasteiger partial charge in [0.25, 0.3) is 5.56 Å². The molecule has 1 N–H and O–H groups in total. The molecule has 4 rings (SSSR count). The van der Waals surface area contributed by atoms with Crippen molar-refractivity contribution < 1.29 is 4.79 Å². The van der Waals surface area contributed by atoms with E-state index in [0.717, 1.165) is 11.1 Å². The molecule has 144 valence electrons. The van der Waals surface area contributed by atoms with E-state index in [2.05, 4.69) is 30.3 Å². The van der Waals surface area contributed by atoms with Crippen LogP contribution in [0.2, 0.25) is 0 Å². The SMILES string of the molecule is CC(C)=CC1C(C(=O)Nn2cnc3scc(-c4ccccc4)c3c2=O)C1(C)C. The Morgan fingerprint density at radius 3 is 2.64 bits per heavy atom. The Kier molecular flexibility index (Phi) is 4.46. The van der Waals surface area contributed by atoms with Crippen LogP contribution in [0.3, 0.4) is 0 Å². The van der Waals surface area contributed by atoms with Crippen LogP contribution in [0.25, 0.3) is 21.3 Å². The van der Waals surface area contributed by atoms with Gasteiger partial charge in [-0.15, -0.1) is 11.3 Å². The number of hydrogen-bond acceptors (Lipinski definition) is 4. The van der Waals surface area contributed by atoms with Crippen LogP contribution in [0, 0.1) is 17.3 Å². The second-order valence-corrected chi connectivity index (χ2v) is 9.02. The Morgan fingerprint density at radius 1 is 1.25 bits per heavy atom. The summed E-state index contributed by atoms with van der Waals surface area (Å²) in [7, 11) is 0. The number of thiophene rings is 1. The smallest absolute Gasteiger partial charge is 0.273 e. The molecule has 0 spiro atoms. The van der Waals surface area contributed by atoms with Crippen molar-refractivity contribution in [1.29, 1.82) is 0 Å². The number of carbonyl (C=O) groups excluding carboxylic acids is 1. The molecular weight excluding hydrogens is 370 g/mol. The van der Waals surface area contributed by atoms with E-state index in [1.54, 1.807) is 0 Å². The van der Waals surface area contributed by atoms with Crippen LogP contribution in [0.4, 0.5) is 0 Å². The van der Waals surface area contributed by atoms with Gasteiger partial charge in [0.05, 0.1) is 11.3 Å². The van der Waals surface area contributed by atoms with Crippen LogP contribution in [-0.4, -0.2) is 15.6 Å². The van der Waals surface area contributed by atoms with Gasteiger partial charge in [-0.3, -0.25) is 15.0 Å². The first-order chi connectivity index (χ1) is 13.3. The summed E-state index contributed by atoms with van der Waals surface area (Å²) in [5.41, 5.74) is 5.40. The first kappa shape index (κ1) is 18.6. The quantitative estimate of drug-likeness (QED) is 0.667. The topological polar surface area (TPSA) is 64.0 Å². The van der Waals surface area contributed by atoms with Crippen molar-refractivity contribution in [2.45, 2.75) is 27.7 Å². The molecule has 1 fully saturated rings. The van der Waals surface area contributed by atoms with Gasteiger partial charge in [-0.05, 0) is 30.7 Å². The maximum atomic E-state index is 13.1. The summed E-state index contributed by atoms with van der Waals surface area (Å²) in [6.07, 6.45) is 3.54. The average Bonchev–Trinajstić information content (AvgIpc) is 3.00. The molecule has 2 aromatic heterocycles. The molecule has 0 aliphatic heterocycles. The average molecular weight is 394 g/mol. The number of benzene rings is 1. The van der Waals surface area contributed by atoms with Gasteiger partial charge in [0.2, 0.25) is 5.91 Å². The molecule has 3 aromatic rings. The predicted octanol–water partition coefficient (Wildman–Crippen LogP) is 4.43. The molecule has 1 amide bonds. The van der Waals surface area contributed by atoms with E-state index < -0.39 is 0 Å². The lowest BCUT2D eigenvalue weighted by Gasteiger charge is -2.09. The highest BCUT2D eigenvalue weighted by atomic mass is 32.1. The number of nitrogens with one attached hydrogen (secondary N) is 1. The zero-order valence-corrected chi connectivity index (χ0v) is 17.2. The Balaban J connectivity index is 1.67. The zero-order valence-electron chi connectivity index (χ0n) is 16.4. The first-order valence-corrected chi connectivity index (χ1v) is 10.2. The third-order valence-electron chi connectivity index (χ3n) is 5.52. The Hall–Kier alpha value is -2.73. The van der Waals surface area contributed by atoms with E-state index in [1.165, 1.54) is 27.9 Å². The maximum Gasteiger partial charge on any atom is 0.281 e. The largest absolute Gasteiger partial charge is 0.281 e. The molecule has 5 nitrogen and oxygen atoms in total. The lowest BCUT2D eigenvalue weighted by Crippen LogP contribution is -2.34. The molecule has 0 saturated heterocycles. The van der Waals surface area contributed by atoms with Crippen LogP contribution in [0.15, 0.2) is 58.5 Å². The molecule has 1 aliphatic carbocycles. The minimum Gasteiger partial charge on any atom is -0.273 e. The van der Waals surface area contributed by atoms with Crippen molar-refractivity contribution in [2.24, 2.45) is 17.3 Å². The van der Waals surface area contributed by atoms with Crippen molar-refractivity contribution >= 4 is 27.5 Å². The summed E-state index contributed by atoms with van der Waals surface area (Å²) in [5, 5.41) is 2.48. The molecule has 2 heterocycles. The molecule has 1 aliphatic rings. The highest BCUT2D eigenvalue weighted by Gasteiger charge is 2.60. The van der Waals surface area contributed by atoms with Crippen LogP contribution in [0.1, 0.15) is 27.7 Å². The fourth-order valence-electron chi connectivity index (χ4n) is 3.88. The lowest BCUT2D eigenvalue weighted by molar-refractivity contribution is -0.119. The Labute approximate surface area is 167 Å². The highest BCUT2D eigenvalue weighted by molar-refractivity contribution is 7.17. The van der Waals surface area contributed by atoms with E-state index >= 15 is 0 Å². The molecule has 6 heteroatoms. The fourth-order valence-corrected chi connectivity index (χ4v) is 4.79. The summed E-state index contributed by atoms with van der Waals surface area (Å²) in [6.45, 7) is 8.23. The van der Waals surface area contributed by atoms with Crippen molar-refractivity contribution in [3.8, 4) is 11.1 Å². The normalized spacial score (nSPS) is 20.0. The van der Waals surface area contributed by atoms with E-state index in [-0.39, 0.29) is 28.7 Å². The predicted molar refractivity (Wildman–Crippen MR) is 114 cm³/mol. The summed E-state index contributed by atoms with van der Waals surface area (Å²) < 4.78 is 1.22. The zero-order chi connectivity index (χ0) is 20.1. The maximum absolute atomic E-state index is 13.1. The van der Waals surface area contributed by atoms with Gasteiger partial charge >= 0.3 is 0 Å². The number of rotatable bonds is 4. The molecule has 0 radical (unpaired) electrons. The fraction of sp³-hybridized carbons (Fsp3) is 0.318. The van der Waals surface area contributed by atoms with Crippen molar-refractivity contribution in [3.63, 3.8) is 0 Å². The van der Waals surface area contributed by atoms with Gasteiger partial charge in [0.15, 0.2) is 0 Å². The summed E-state index contributed by atoms with van der Waals surface area (Å²) >= 11 is 1.43. The second kappa shape index (κ2) is 6.71. The van der Waals surface area contributed by atoms with E-state index in [9.17, 15) is 9.59 Å². The van der Waals surface area contributed by atoms with Crippen LogP contribution >= 0.6 is 11.3 Å². The third kappa shape index (κ3) is 3.07. The van der Waals surface area contributed by atoms with Gasteiger partial charge in [0, 0.05) is 10.9 Å². The number of amides is 1. The van der Waals surface area contributed by atoms with Gasteiger partial charge in [-0.25, -0.2) is 9.66 Å². The van der Waals surface area contributed by atoms with Gasteiger partial charge in [0.1, 0.15) is 11.2 Å². The number of hydrogen-bond donors (Lipinski definition) is 1. The summed E-state index contributed by atoms with van der Waals surface area (Å²) in [5.74, 6) is -0.112. The Bertz CT molecular complexity index is 1140. The second-order valence-electron chi connectivity index (χ2n) is 8.16. The van der Waals surface area contributed by atoms with Crippen LogP contribution in [0.5, 0.6) is 0 Å². The number of fused-ring (bicyclic) bond motifs is 1. The first-order valence-electron chi connectivity index (χ1n) is 9.31. The molecule has 28 heavy (non-hydrogen) atoms. The minimum atomic E-state index is -0.254. The number of aromatic nitrogens is 2. The van der Waals surface area contributed by atoms with E-state index in [0.29, 0.717) is 10.2 Å².